The van der Waals surface area contributed by atoms with Crippen LogP contribution in [0.2, 0.25) is 0 Å². The number of rotatable bonds is 2. The Labute approximate surface area is 116 Å². The number of piperidine rings is 1. The summed E-state index contributed by atoms with van der Waals surface area (Å²) in [6, 6.07) is 1.28. The number of likely N-dealkylation sites (tertiary alicyclic amines) is 1. The summed E-state index contributed by atoms with van der Waals surface area (Å²) in [5.74, 6) is 0. The molecule has 1 N–H and O–H groups in total. The van der Waals surface area contributed by atoms with E-state index in [1.807, 2.05) is 19.0 Å². The van der Waals surface area contributed by atoms with Gasteiger partial charge in [0.05, 0.1) is 6.10 Å². The SMILES string of the molecule is CC1CC(NC2CCN(C(=O)N(C)C)CC2)CCO1. The number of carbonyl (C=O) groups excluding carboxylic acids is 1. The van der Waals surface area contributed by atoms with Crippen molar-refractivity contribution in [3.63, 3.8) is 0 Å². The first kappa shape index (κ1) is 14.6. The summed E-state index contributed by atoms with van der Waals surface area (Å²) in [5, 5.41) is 3.75. The molecule has 0 aromatic carbocycles. The van der Waals surface area contributed by atoms with E-state index in [1.54, 1.807) is 4.90 Å². The molecule has 5 heteroatoms. The number of ether oxygens (including phenoxy) is 1. The molecule has 5 nitrogen and oxygen atoms in total. The van der Waals surface area contributed by atoms with Crippen LogP contribution in [0.25, 0.3) is 0 Å². The molecule has 2 rings (SSSR count). The highest BCUT2D eigenvalue weighted by atomic mass is 16.5. The highest BCUT2D eigenvalue weighted by molar-refractivity contribution is 5.73. The third kappa shape index (κ3) is 4.08. The second kappa shape index (κ2) is 6.57. The number of nitrogens with zero attached hydrogens (tertiary/aromatic N) is 2. The van der Waals surface area contributed by atoms with Crippen molar-refractivity contribution in [2.24, 2.45) is 0 Å². The Hall–Kier alpha value is -0.810. The first-order valence-electron chi connectivity index (χ1n) is 7.40. The fourth-order valence-corrected chi connectivity index (χ4v) is 3.00. The van der Waals surface area contributed by atoms with Gasteiger partial charge in [0.25, 0.3) is 0 Å². The van der Waals surface area contributed by atoms with Crippen LogP contribution in [0.5, 0.6) is 0 Å². The zero-order valence-electron chi connectivity index (χ0n) is 12.4. The van der Waals surface area contributed by atoms with Crippen molar-refractivity contribution in [2.45, 2.75) is 50.8 Å². The molecule has 0 aliphatic carbocycles. The molecular weight excluding hydrogens is 242 g/mol. The zero-order valence-corrected chi connectivity index (χ0v) is 12.4. The predicted molar refractivity (Wildman–Crippen MR) is 75.2 cm³/mol. The van der Waals surface area contributed by atoms with Gasteiger partial charge in [-0.3, -0.25) is 0 Å². The van der Waals surface area contributed by atoms with Crippen LogP contribution in [0.4, 0.5) is 4.79 Å². The van der Waals surface area contributed by atoms with E-state index in [0.29, 0.717) is 18.2 Å². The topological polar surface area (TPSA) is 44.8 Å². The smallest absolute Gasteiger partial charge is 0.319 e. The molecule has 2 aliphatic heterocycles. The van der Waals surface area contributed by atoms with Crippen LogP contribution in [0.1, 0.15) is 32.6 Å². The van der Waals surface area contributed by atoms with Gasteiger partial charge in [0.2, 0.25) is 0 Å². The fraction of sp³-hybridized carbons (Fsp3) is 0.929. The molecule has 0 radical (unpaired) electrons. The Kier molecular flexibility index (Phi) is 5.05. The van der Waals surface area contributed by atoms with E-state index in [0.717, 1.165) is 45.4 Å². The first-order chi connectivity index (χ1) is 9.06. The van der Waals surface area contributed by atoms with E-state index in [-0.39, 0.29) is 6.03 Å². The van der Waals surface area contributed by atoms with Gasteiger partial charge in [-0.2, -0.15) is 0 Å². The van der Waals surface area contributed by atoms with Gasteiger partial charge in [0.1, 0.15) is 0 Å². The minimum absolute atomic E-state index is 0.137. The second-order valence-electron chi connectivity index (χ2n) is 6.01. The summed E-state index contributed by atoms with van der Waals surface area (Å²) >= 11 is 0. The van der Waals surface area contributed by atoms with E-state index < -0.39 is 0 Å². The van der Waals surface area contributed by atoms with Crippen molar-refractivity contribution in [3.05, 3.63) is 0 Å². The molecule has 2 unspecified atom stereocenters. The van der Waals surface area contributed by atoms with Crippen LogP contribution in [0.15, 0.2) is 0 Å². The quantitative estimate of drug-likeness (QED) is 0.821. The van der Waals surface area contributed by atoms with Crippen molar-refractivity contribution >= 4 is 6.03 Å². The van der Waals surface area contributed by atoms with Crippen LogP contribution in [-0.2, 0) is 4.74 Å². The number of amides is 2. The number of carbonyl (C=O) groups is 1. The molecule has 2 heterocycles. The van der Waals surface area contributed by atoms with Crippen molar-refractivity contribution in [3.8, 4) is 0 Å². The molecular formula is C14H27N3O2. The van der Waals surface area contributed by atoms with Crippen LogP contribution in [0, 0.1) is 0 Å². The number of nitrogens with one attached hydrogen (secondary N) is 1. The largest absolute Gasteiger partial charge is 0.378 e. The molecule has 2 fully saturated rings. The van der Waals surface area contributed by atoms with E-state index in [9.17, 15) is 4.79 Å². The predicted octanol–water partition coefficient (Wildman–Crippen LogP) is 1.29. The summed E-state index contributed by atoms with van der Waals surface area (Å²) in [4.78, 5) is 15.5. The van der Waals surface area contributed by atoms with Crippen LogP contribution < -0.4 is 5.32 Å². The Balaban J connectivity index is 1.72. The fourth-order valence-electron chi connectivity index (χ4n) is 3.00. The summed E-state index contributed by atoms with van der Waals surface area (Å²) in [7, 11) is 3.63. The maximum atomic E-state index is 11.9. The van der Waals surface area contributed by atoms with Crippen LogP contribution in [-0.4, -0.2) is 67.8 Å². The normalized spacial score (nSPS) is 29.3. The average molecular weight is 269 g/mol. The van der Waals surface area contributed by atoms with Gasteiger partial charge in [0, 0.05) is 45.9 Å². The monoisotopic (exact) mass is 269 g/mol. The summed E-state index contributed by atoms with van der Waals surface area (Å²) in [6.07, 6.45) is 4.72. The molecule has 0 saturated carbocycles. The lowest BCUT2D eigenvalue weighted by molar-refractivity contribution is 0.00974. The van der Waals surface area contributed by atoms with Gasteiger partial charge in [-0.1, -0.05) is 0 Å². The Morgan fingerprint density at radius 1 is 1.21 bits per heavy atom. The molecule has 2 amide bonds. The van der Waals surface area contributed by atoms with Gasteiger partial charge in [-0.05, 0) is 32.6 Å². The van der Waals surface area contributed by atoms with Gasteiger partial charge in [-0.15, -0.1) is 0 Å². The number of hydrogen-bond donors (Lipinski definition) is 1. The van der Waals surface area contributed by atoms with E-state index in [1.165, 1.54) is 0 Å². The summed E-state index contributed by atoms with van der Waals surface area (Å²) in [6.45, 7) is 4.75. The van der Waals surface area contributed by atoms with E-state index in [4.69, 9.17) is 4.74 Å². The average Bonchev–Trinajstić information content (AvgIpc) is 2.39. The third-order valence-electron chi connectivity index (χ3n) is 4.10. The van der Waals surface area contributed by atoms with Gasteiger partial charge >= 0.3 is 6.03 Å². The van der Waals surface area contributed by atoms with Crippen molar-refractivity contribution in [1.82, 2.24) is 15.1 Å². The Bertz CT molecular complexity index is 301. The maximum Gasteiger partial charge on any atom is 0.319 e. The molecule has 19 heavy (non-hydrogen) atoms. The number of hydrogen-bond acceptors (Lipinski definition) is 3. The van der Waals surface area contributed by atoms with E-state index in [2.05, 4.69) is 12.2 Å². The molecule has 0 bridgehead atoms. The highest BCUT2D eigenvalue weighted by Crippen LogP contribution is 2.17. The lowest BCUT2D eigenvalue weighted by Gasteiger charge is -2.37. The molecule has 0 spiro atoms. The lowest BCUT2D eigenvalue weighted by Crippen LogP contribution is -2.51. The van der Waals surface area contributed by atoms with Crippen molar-refractivity contribution in [1.29, 1.82) is 0 Å². The van der Waals surface area contributed by atoms with Crippen LogP contribution >= 0.6 is 0 Å². The molecule has 2 atom stereocenters. The van der Waals surface area contributed by atoms with Gasteiger partial charge in [0.15, 0.2) is 0 Å². The maximum absolute atomic E-state index is 11.9. The van der Waals surface area contributed by atoms with Crippen LogP contribution in [0.3, 0.4) is 0 Å². The summed E-state index contributed by atoms with van der Waals surface area (Å²) < 4.78 is 5.57. The minimum atomic E-state index is 0.137. The first-order valence-corrected chi connectivity index (χ1v) is 7.40. The van der Waals surface area contributed by atoms with Crippen molar-refractivity contribution < 1.29 is 9.53 Å². The highest BCUT2D eigenvalue weighted by Gasteiger charge is 2.27. The summed E-state index contributed by atoms with van der Waals surface area (Å²) in [5.41, 5.74) is 0. The van der Waals surface area contributed by atoms with E-state index >= 15 is 0 Å². The zero-order chi connectivity index (χ0) is 13.8. The minimum Gasteiger partial charge on any atom is -0.378 e. The Morgan fingerprint density at radius 3 is 2.47 bits per heavy atom. The second-order valence-corrected chi connectivity index (χ2v) is 6.01. The van der Waals surface area contributed by atoms with Gasteiger partial charge < -0.3 is 19.9 Å². The Morgan fingerprint density at radius 2 is 1.89 bits per heavy atom. The molecule has 0 aromatic heterocycles. The molecule has 2 saturated heterocycles. The molecule has 2 aliphatic rings. The van der Waals surface area contributed by atoms with Crippen molar-refractivity contribution in [2.75, 3.05) is 33.8 Å². The molecule has 0 aromatic rings. The number of urea groups is 1. The molecule has 110 valence electrons. The standard InChI is InChI=1S/C14H27N3O2/c1-11-10-13(6-9-19-11)15-12-4-7-17(8-5-12)14(18)16(2)3/h11-13,15H,4-10H2,1-3H3. The lowest BCUT2D eigenvalue weighted by atomic mass is 9.99. The third-order valence-corrected chi connectivity index (χ3v) is 4.10. The van der Waals surface area contributed by atoms with Gasteiger partial charge in [-0.25, -0.2) is 4.79 Å².